The summed E-state index contributed by atoms with van der Waals surface area (Å²) in [5, 5.41) is 0. The summed E-state index contributed by atoms with van der Waals surface area (Å²) in [6.07, 6.45) is 0. The minimum atomic E-state index is -0.860. The van der Waals surface area contributed by atoms with Crippen LogP contribution < -0.4 is 5.73 Å². The molecular formula is C14H22F2N2O. The second kappa shape index (κ2) is 7.53. The SMILES string of the molecule is CCN(CC(N)c1ccc(F)c(F)c1)C(C)COC. The van der Waals surface area contributed by atoms with E-state index in [4.69, 9.17) is 10.5 Å². The van der Waals surface area contributed by atoms with Crippen molar-refractivity contribution in [3.8, 4) is 0 Å². The second-order valence-corrected chi connectivity index (χ2v) is 4.67. The average molecular weight is 272 g/mol. The molecular weight excluding hydrogens is 250 g/mol. The van der Waals surface area contributed by atoms with Gasteiger partial charge in [0.15, 0.2) is 11.6 Å². The normalized spacial score (nSPS) is 14.7. The summed E-state index contributed by atoms with van der Waals surface area (Å²) in [4.78, 5) is 2.15. The Balaban J connectivity index is 2.71. The first kappa shape index (κ1) is 16.0. The highest BCUT2D eigenvalue weighted by atomic mass is 19.2. The summed E-state index contributed by atoms with van der Waals surface area (Å²) in [6.45, 7) is 6.08. The summed E-state index contributed by atoms with van der Waals surface area (Å²) < 4.78 is 31.2. The molecule has 0 heterocycles. The number of rotatable bonds is 7. The van der Waals surface area contributed by atoms with Crippen molar-refractivity contribution in [2.45, 2.75) is 25.9 Å². The summed E-state index contributed by atoms with van der Waals surface area (Å²) in [7, 11) is 1.65. The topological polar surface area (TPSA) is 38.5 Å². The van der Waals surface area contributed by atoms with Crippen molar-refractivity contribution in [3.63, 3.8) is 0 Å². The molecule has 19 heavy (non-hydrogen) atoms. The highest BCUT2D eigenvalue weighted by Crippen LogP contribution is 2.16. The molecule has 0 aromatic heterocycles. The second-order valence-electron chi connectivity index (χ2n) is 4.67. The van der Waals surface area contributed by atoms with Crippen molar-refractivity contribution < 1.29 is 13.5 Å². The van der Waals surface area contributed by atoms with Crippen LogP contribution in [-0.2, 0) is 4.74 Å². The molecule has 0 saturated heterocycles. The number of benzene rings is 1. The maximum Gasteiger partial charge on any atom is 0.159 e. The average Bonchev–Trinajstić information content (AvgIpc) is 2.39. The van der Waals surface area contributed by atoms with Gasteiger partial charge in [-0.3, -0.25) is 4.90 Å². The first-order valence-electron chi connectivity index (χ1n) is 6.43. The van der Waals surface area contributed by atoms with Gasteiger partial charge in [-0.2, -0.15) is 0 Å². The van der Waals surface area contributed by atoms with Crippen molar-refractivity contribution >= 4 is 0 Å². The molecule has 0 radical (unpaired) electrons. The molecule has 1 aromatic rings. The molecule has 1 aromatic carbocycles. The van der Waals surface area contributed by atoms with Crippen LogP contribution in [0.3, 0.4) is 0 Å². The molecule has 108 valence electrons. The molecule has 0 amide bonds. The lowest BCUT2D eigenvalue weighted by Crippen LogP contribution is -2.40. The van der Waals surface area contributed by atoms with Crippen LogP contribution in [0.15, 0.2) is 18.2 Å². The quantitative estimate of drug-likeness (QED) is 0.828. The predicted molar refractivity (Wildman–Crippen MR) is 71.9 cm³/mol. The summed E-state index contributed by atoms with van der Waals surface area (Å²) in [5.41, 5.74) is 6.65. The standard InChI is InChI=1S/C14H22F2N2O/c1-4-18(10(2)9-19-3)8-14(17)11-5-6-12(15)13(16)7-11/h5-7,10,14H,4,8-9,17H2,1-3H3. The maximum absolute atomic E-state index is 13.2. The number of halogens is 2. The molecule has 0 aliphatic heterocycles. The van der Waals surface area contributed by atoms with Crippen LogP contribution in [0.5, 0.6) is 0 Å². The molecule has 0 spiro atoms. The third-order valence-corrected chi connectivity index (χ3v) is 3.24. The van der Waals surface area contributed by atoms with Gasteiger partial charge in [-0.1, -0.05) is 13.0 Å². The molecule has 1 rings (SSSR count). The highest BCUT2D eigenvalue weighted by Gasteiger charge is 2.17. The molecule has 0 fully saturated rings. The first-order chi connectivity index (χ1) is 8.99. The lowest BCUT2D eigenvalue weighted by molar-refractivity contribution is 0.0986. The van der Waals surface area contributed by atoms with Crippen LogP contribution in [0.1, 0.15) is 25.5 Å². The third kappa shape index (κ3) is 4.53. The van der Waals surface area contributed by atoms with Gasteiger partial charge < -0.3 is 10.5 Å². The van der Waals surface area contributed by atoms with Gasteiger partial charge in [0.05, 0.1) is 6.61 Å². The Labute approximate surface area is 113 Å². The molecule has 0 saturated carbocycles. The van der Waals surface area contributed by atoms with Gasteiger partial charge in [0.25, 0.3) is 0 Å². The van der Waals surface area contributed by atoms with Crippen LogP contribution in [0.25, 0.3) is 0 Å². The van der Waals surface area contributed by atoms with Crippen LogP contribution >= 0.6 is 0 Å². The summed E-state index contributed by atoms with van der Waals surface area (Å²) >= 11 is 0. The van der Waals surface area contributed by atoms with E-state index in [-0.39, 0.29) is 12.1 Å². The predicted octanol–water partition coefficient (Wildman–Crippen LogP) is 2.32. The number of hydrogen-bond acceptors (Lipinski definition) is 3. The number of hydrogen-bond donors (Lipinski definition) is 1. The highest BCUT2D eigenvalue weighted by molar-refractivity contribution is 5.21. The van der Waals surface area contributed by atoms with E-state index in [1.54, 1.807) is 7.11 Å². The van der Waals surface area contributed by atoms with E-state index >= 15 is 0 Å². The number of methoxy groups -OCH3 is 1. The van der Waals surface area contributed by atoms with E-state index in [1.165, 1.54) is 6.07 Å². The lowest BCUT2D eigenvalue weighted by Gasteiger charge is -2.30. The van der Waals surface area contributed by atoms with E-state index < -0.39 is 11.6 Å². The molecule has 2 atom stereocenters. The van der Waals surface area contributed by atoms with Crippen LogP contribution in [0.4, 0.5) is 8.78 Å². The Morgan fingerprint density at radius 2 is 2.00 bits per heavy atom. The zero-order chi connectivity index (χ0) is 14.4. The number of likely N-dealkylation sites (N-methyl/N-ethyl adjacent to an activating group) is 1. The summed E-state index contributed by atoms with van der Waals surface area (Å²) in [5.74, 6) is -1.71. The molecule has 5 heteroatoms. The van der Waals surface area contributed by atoms with Crippen LogP contribution in [0, 0.1) is 11.6 Å². The Kier molecular flexibility index (Phi) is 6.34. The fraction of sp³-hybridized carbons (Fsp3) is 0.571. The third-order valence-electron chi connectivity index (χ3n) is 3.24. The number of nitrogens with two attached hydrogens (primary N) is 1. The van der Waals surface area contributed by atoms with Gasteiger partial charge in [0, 0.05) is 25.7 Å². The van der Waals surface area contributed by atoms with Crippen molar-refractivity contribution in [1.82, 2.24) is 4.90 Å². The van der Waals surface area contributed by atoms with E-state index in [0.29, 0.717) is 18.7 Å². The van der Waals surface area contributed by atoms with E-state index in [2.05, 4.69) is 4.90 Å². The van der Waals surface area contributed by atoms with Gasteiger partial charge >= 0.3 is 0 Å². The van der Waals surface area contributed by atoms with Gasteiger partial charge in [-0.15, -0.1) is 0 Å². The molecule has 0 aliphatic carbocycles. The Hall–Kier alpha value is -1.04. The zero-order valence-electron chi connectivity index (χ0n) is 11.7. The van der Waals surface area contributed by atoms with Crippen molar-refractivity contribution in [2.75, 3.05) is 26.8 Å². The molecule has 0 bridgehead atoms. The minimum Gasteiger partial charge on any atom is -0.383 e. The maximum atomic E-state index is 13.2. The van der Waals surface area contributed by atoms with Gasteiger partial charge in [-0.05, 0) is 31.2 Å². The fourth-order valence-electron chi connectivity index (χ4n) is 2.07. The van der Waals surface area contributed by atoms with Crippen molar-refractivity contribution in [1.29, 1.82) is 0 Å². The van der Waals surface area contributed by atoms with Gasteiger partial charge in [-0.25, -0.2) is 8.78 Å². The van der Waals surface area contributed by atoms with E-state index in [1.807, 2.05) is 13.8 Å². The molecule has 0 aliphatic rings. The smallest absolute Gasteiger partial charge is 0.159 e. The largest absolute Gasteiger partial charge is 0.383 e. The van der Waals surface area contributed by atoms with Crippen LogP contribution in [-0.4, -0.2) is 37.7 Å². The van der Waals surface area contributed by atoms with Crippen molar-refractivity contribution in [3.05, 3.63) is 35.4 Å². The number of ether oxygens (including phenoxy) is 1. The summed E-state index contributed by atoms with van der Waals surface area (Å²) in [6, 6.07) is 3.67. The molecule has 2 N–H and O–H groups in total. The van der Waals surface area contributed by atoms with Crippen molar-refractivity contribution in [2.24, 2.45) is 5.73 Å². The minimum absolute atomic E-state index is 0.228. The molecule has 3 nitrogen and oxygen atoms in total. The molecule has 2 unspecified atom stereocenters. The Morgan fingerprint density at radius 3 is 2.53 bits per heavy atom. The van der Waals surface area contributed by atoms with E-state index in [0.717, 1.165) is 18.7 Å². The van der Waals surface area contributed by atoms with Gasteiger partial charge in [0.1, 0.15) is 0 Å². The monoisotopic (exact) mass is 272 g/mol. The Bertz CT molecular complexity index is 401. The lowest BCUT2D eigenvalue weighted by atomic mass is 10.1. The zero-order valence-corrected chi connectivity index (χ0v) is 11.7. The van der Waals surface area contributed by atoms with Crippen LogP contribution in [0.2, 0.25) is 0 Å². The Morgan fingerprint density at radius 1 is 1.32 bits per heavy atom. The van der Waals surface area contributed by atoms with Gasteiger partial charge in [0.2, 0.25) is 0 Å². The number of nitrogens with zero attached hydrogens (tertiary/aromatic N) is 1. The first-order valence-corrected chi connectivity index (χ1v) is 6.43. The van der Waals surface area contributed by atoms with E-state index in [9.17, 15) is 8.78 Å². The fourth-order valence-corrected chi connectivity index (χ4v) is 2.07.